The molecular formula is C9H10F2N2O2. The molecule has 2 rings (SSSR count). The zero-order valence-electron chi connectivity index (χ0n) is 7.74. The molecule has 0 fully saturated rings. The van der Waals surface area contributed by atoms with Crippen molar-refractivity contribution in [3.05, 3.63) is 23.8 Å². The third-order valence-electron chi connectivity index (χ3n) is 2.11. The fraction of sp³-hybridized carbons (Fsp3) is 0.333. The van der Waals surface area contributed by atoms with Crippen LogP contribution >= 0.6 is 0 Å². The van der Waals surface area contributed by atoms with Crippen molar-refractivity contribution in [2.45, 2.75) is 12.3 Å². The number of rotatable bonds is 2. The maximum atomic E-state index is 12.8. The quantitative estimate of drug-likeness (QED) is 0.772. The summed E-state index contributed by atoms with van der Waals surface area (Å²) in [6, 6.07) is 4.00. The normalized spacial score (nSPS) is 18.9. The van der Waals surface area contributed by atoms with Crippen LogP contribution in [0.2, 0.25) is 0 Å². The minimum atomic E-state index is -3.62. The van der Waals surface area contributed by atoms with Gasteiger partial charge in [-0.15, -0.1) is 8.78 Å². The fourth-order valence-electron chi connectivity index (χ4n) is 1.41. The molecule has 82 valence electrons. The second-order valence-corrected chi connectivity index (χ2v) is 3.18. The lowest BCUT2D eigenvalue weighted by molar-refractivity contribution is -0.287. The van der Waals surface area contributed by atoms with Crippen LogP contribution in [-0.2, 0) is 0 Å². The van der Waals surface area contributed by atoms with Crippen LogP contribution in [-0.4, -0.2) is 12.8 Å². The average Bonchev–Trinajstić information content (AvgIpc) is 2.49. The van der Waals surface area contributed by atoms with Crippen LogP contribution in [0.4, 0.5) is 8.78 Å². The third-order valence-corrected chi connectivity index (χ3v) is 2.11. The van der Waals surface area contributed by atoms with Crippen LogP contribution in [0, 0.1) is 0 Å². The maximum absolute atomic E-state index is 12.8. The van der Waals surface area contributed by atoms with Crippen molar-refractivity contribution in [1.29, 1.82) is 0 Å². The lowest BCUT2D eigenvalue weighted by Gasteiger charge is -2.11. The van der Waals surface area contributed by atoms with E-state index in [0.717, 1.165) is 0 Å². The Bertz CT molecular complexity index is 384. The molecule has 1 aliphatic heterocycles. The number of hydrogen-bond acceptors (Lipinski definition) is 4. The highest BCUT2D eigenvalue weighted by Crippen LogP contribution is 2.44. The fourth-order valence-corrected chi connectivity index (χ4v) is 1.41. The molecule has 4 nitrogen and oxygen atoms in total. The van der Waals surface area contributed by atoms with Crippen molar-refractivity contribution in [2.75, 3.05) is 6.54 Å². The molecule has 1 heterocycles. The Hall–Kier alpha value is -1.40. The number of benzene rings is 1. The van der Waals surface area contributed by atoms with E-state index in [0.29, 0.717) is 5.56 Å². The number of nitrogens with two attached hydrogens (primary N) is 2. The highest BCUT2D eigenvalue weighted by molar-refractivity contribution is 5.50. The molecule has 0 bridgehead atoms. The first-order valence-corrected chi connectivity index (χ1v) is 4.38. The molecule has 0 aliphatic carbocycles. The van der Waals surface area contributed by atoms with Gasteiger partial charge in [-0.1, -0.05) is 12.1 Å². The van der Waals surface area contributed by atoms with E-state index in [2.05, 4.69) is 9.47 Å². The lowest BCUT2D eigenvalue weighted by atomic mass is 10.1. The molecule has 1 aromatic rings. The third kappa shape index (κ3) is 1.73. The van der Waals surface area contributed by atoms with E-state index < -0.39 is 12.3 Å². The topological polar surface area (TPSA) is 70.5 Å². The standard InChI is InChI=1S/C9H10F2N2O2/c10-9(11)14-7-3-1-2-5(6(13)4-12)8(7)15-9/h1-3,6H,4,12-13H2/t6-/m0/s1. The summed E-state index contributed by atoms with van der Waals surface area (Å²) in [5, 5.41) is 0. The number of fused-ring (bicyclic) bond motifs is 1. The Balaban J connectivity index is 2.41. The van der Waals surface area contributed by atoms with Crippen molar-refractivity contribution in [3.63, 3.8) is 0 Å². The van der Waals surface area contributed by atoms with Crippen LogP contribution in [0.5, 0.6) is 11.5 Å². The van der Waals surface area contributed by atoms with Crippen molar-refractivity contribution in [1.82, 2.24) is 0 Å². The zero-order chi connectivity index (χ0) is 11.1. The van der Waals surface area contributed by atoms with Gasteiger partial charge in [0.05, 0.1) is 0 Å². The monoisotopic (exact) mass is 216 g/mol. The molecule has 0 unspecified atom stereocenters. The van der Waals surface area contributed by atoms with Gasteiger partial charge in [-0.3, -0.25) is 0 Å². The van der Waals surface area contributed by atoms with Gasteiger partial charge in [-0.2, -0.15) is 0 Å². The van der Waals surface area contributed by atoms with E-state index in [1.54, 1.807) is 12.1 Å². The Kier molecular flexibility index (Phi) is 2.24. The predicted octanol–water partition coefficient (Wildman–Crippen LogP) is 0.967. The first-order valence-electron chi connectivity index (χ1n) is 4.38. The minimum Gasteiger partial charge on any atom is -0.395 e. The SMILES string of the molecule is NC[C@H](N)c1cccc2c1OC(F)(F)O2. The molecule has 15 heavy (non-hydrogen) atoms. The van der Waals surface area contributed by atoms with E-state index in [1.807, 2.05) is 0 Å². The first-order chi connectivity index (χ1) is 7.03. The zero-order valence-corrected chi connectivity index (χ0v) is 7.74. The van der Waals surface area contributed by atoms with Crippen molar-refractivity contribution < 1.29 is 18.3 Å². The van der Waals surface area contributed by atoms with Gasteiger partial charge in [-0.05, 0) is 6.07 Å². The van der Waals surface area contributed by atoms with Gasteiger partial charge in [0.2, 0.25) is 0 Å². The van der Waals surface area contributed by atoms with Gasteiger partial charge >= 0.3 is 6.29 Å². The maximum Gasteiger partial charge on any atom is 0.586 e. The molecule has 0 aromatic heterocycles. The van der Waals surface area contributed by atoms with Gasteiger partial charge in [0.25, 0.3) is 0 Å². The highest BCUT2D eigenvalue weighted by Gasteiger charge is 2.44. The summed E-state index contributed by atoms with van der Waals surface area (Å²) in [6.07, 6.45) is -3.62. The second-order valence-electron chi connectivity index (χ2n) is 3.18. The molecule has 1 aromatic carbocycles. The van der Waals surface area contributed by atoms with Crippen molar-refractivity contribution in [3.8, 4) is 11.5 Å². The van der Waals surface area contributed by atoms with Gasteiger partial charge < -0.3 is 20.9 Å². The predicted molar refractivity (Wildman–Crippen MR) is 48.6 cm³/mol. The summed E-state index contributed by atoms with van der Waals surface area (Å²) < 4.78 is 34.2. The number of alkyl halides is 2. The molecular weight excluding hydrogens is 206 g/mol. The Morgan fingerprint density at radius 1 is 1.33 bits per heavy atom. The largest absolute Gasteiger partial charge is 0.586 e. The summed E-state index contributed by atoms with van der Waals surface area (Å²) in [6.45, 7) is 0.144. The van der Waals surface area contributed by atoms with Crippen LogP contribution in [0.15, 0.2) is 18.2 Å². The van der Waals surface area contributed by atoms with Crippen LogP contribution in [0.1, 0.15) is 11.6 Å². The Labute approximate surface area is 84.8 Å². The number of hydrogen-bond donors (Lipinski definition) is 2. The number of ether oxygens (including phenoxy) is 2. The average molecular weight is 216 g/mol. The summed E-state index contributed by atoms with van der Waals surface area (Å²) in [4.78, 5) is 0. The highest BCUT2D eigenvalue weighted by atomic mass is 19.3. The van der Waals surface area contributed by atoms with Crippen molar-refractivity contribution >= 4 is 0 Å². The van der Waals surface area contributed by atoms with Gasteiger partial charge in [0, 0.05) is 18.2 Å². The summed E-state index contributed by atoms with van der Waals surface area (Å²) in [5.41, 5.74) is 11.4. The number of halogens is 2. The summed E-state index contributed by atoms with van der Waals surface area (Å²) >= 11 is 0. The molecule has 0 spiro atoms. The molecule has 0 radical (unpaired) electrons. The van der Waals surface area contributed by atoms with E-state index in [9.17, 15) is 8.78 Å². The molecule has 0 saturated carbocycles. The lowest BCUT2D eigenvalue weighted by Crippen LogP contribution is -2.27. The smallest absolute Gasteiger partial charge is 0.395 e. The van der Waals surface area contributed by atoms with E-state index >= 15 is 0 Å². The molecule has 1 aliphatic rings. The van der Waals surface area contributed by atoms with Crippen LogP contribution in [0.3, 0.4) is 0 Å². The Morgan fingerprint density at radius 3 is 2.73 bits per heavy atom. The molecule has 1 atom stereocenters. The minimum absolute atomic E-state index is 0.0126. The van der Waals surface area contributed by atoms with Gasteiger partial charge in [0.1, 0.15) is 0 Å². The second kappa shape index (κ2) is 3.32. The number of para-hydroxylation sites is 1. The molecule has 0 saturated heterocycles. The molecule has 6 heteroatoms. The van der Waals surface area contributed by atoms with E-state index in [-0.39, 0.29) is 18.0 Å². The summed E-state index contributed by atoms with van der Waals surface area (Å²) in [7, 11) is 0. The van der Waals surface area contributed by atoms with E-state index in [1.165, 1.54) is 6.07 Å². The molecule has 4 N–H and O–H groups in total. The van der Waals surface area contributed by atoms with Gasteiger partial charge in [-0.25, -0.2) is 0 Å². The van der Waals surface area contributed by atoms with Gasteiger partial charge in [0.15, 0.2) is 11.5 Å². The van der Waals surface area contributed by atoms with E-state index in [4.69, 9.17) is 11.5 Å². The first kappa shape index (κ1) is 10.1. The molecule has 0 amide bonds. The van der Waals surface area contributed by atoms with Crippen LogP contribution < -0.4 is 20.9 Å². The van der Waals surface area contributed by atoms with Crippen molar-refractivity contribution in [2.24, 2.45) is 11.5 Å². The summed E-state index contributed by atoms with van der Waals surface area (Å²) in [5.74, 6) is -0.0400. The Morgan fingerprint density at radius 2 is 2.07 bits per heavy atom. The van der Waals surface area contributed by atoms with Crippen LogP contribution in [0.25, 0.3) is 0 Å².